The Morgan fingerprint density at radius 2 is 2.07 bits per heavy atom. The van der Waals surface area contributed by atoms with Gasteiger partial charge in [-0.25, -0.2) is 0 Å². The minimum atomic E-state index is 0.310. The summed E-state index contributed by atoms with van der Waals surface area (Å²) in [4.78, 5) is 0. The second kappa shape index (κ2) is 5.38. The molecule has 0 aliphatic heterocycles. The standard InChI is InChI=1S/C12H19ClN2/c1-8(2)12(7-14)15-11-5-4-10(13)6-9(11)3/h4-6,8,12,15H,7,14H2,1-3H3. The van der Waals surface area contributed by atoms with E-state index < -0.39 is 0 Å². The van der Waals surface area contributed by atoms with E-state index in [2.05, 4.69) is 19.2 Å². The molecular formula is C12H19ClN2. The number of hydrogen-bond acceptors (Lipinski definition) is 2. The lowest BCUT2D eigenvalue weighted by molar-refractivity contribution is 0.531. The van der Waals surface area contributed by atoms with E-state index in [0.29, 0.717) is 18.5 Å². The lowest BCUT2D eigenvalue weighted by atomic mass is 10.0. The second-order valence-electron chi connectivity index (χ2n) is 4.19. The van der Waals surface area contributed by atoms with E-state index in [1.165, 1.54) is 0 Å². The summed E-state index contributed by atoms with van der Waals surface area (Å²) in [6.07, 6.45) is 0. The molecule has 1 aromatic rings. The molecule has 0 fully saturated rings. The molecule has 0 aliphatic rings. The number of aryl methyl sites for hydroxylation is 1. The van der Waals surface area contributed by atoms with Gasteiger partial charge in [-0.1, -0.05) is 25.4 Å². The van der Waals surface area contributed by atoms with Crippen LogP contribution in [0.1, 0.15) is 19.4 Å². The molecule has 0 bridgehead atoms. The minimum Gasteiger partial charge on any atom is -0.381 e. The Hall–Kier alpha value is -0.730. The quantitative estimate of drug-likeness (QED) is 0.828. The van der Waals surface area contributed by atoms with Gasteiger partial charge in [0.25, 0.3) is 0 Å². The summed E-state index contributed by atoms with van der Waals surface area (Å²) in [5.41, 5.74) is 7.98. The molecule has 1 aromatic carbocycles. The smallest absolute Gasteiger partial charge is 0.0410 e. The van der Waals surface area contributed by atoms with Crippen LogP contribution in [0.5, 0.6) is 0 Å². The maximum Gasteiger partial charge on any atom is 0.0410 e. The van der Waals surface area contributed by atoms with Crippen LogP contribution in [-0.4, -0.2) is 12.6 Å². The minimum absolute atomic E-state index is 0.310. The third kappa shape index (κ3) is 3.40. The highest BCUT2D eigenvalue weighted by atomic mass is 35.5. The number of nitrogens with two attached hydrogens (primary N) is 1. The van der Waals surface area contributed by atoms with E-state index in [-0.39, 0.29) is 0 Å². The zero-order valence-corrected chi connectivity index (χ0v) is 10.3. The van der Waals surface area contributed by atoms with Gasteiger partial charge in [-0.05, 0) is 36.6 Å². The average Bonchev–Trinajstić information content (AvgIpc) is 2.16. The van der Waals surface area contributed by atoms with E-state index in [4.69, 9.17) is 17.3 Å². The number of rotatable bonds is 4. The number of anilines is 1. The van der Waals surface area contributed by atoms with Gasteiger partial charge in [0, 0.05) is 23.3 Å². The van der Waals surface area contributed by atoms with Gasteiger partial charge in [-0.2, -0.15) is 0 Å². The van der Waals surface area contributed by atoms with Crippen molar-refractivity contribution < 1.29 is 0 Å². The summed E-state index contributed by atoms with van der Waals surface area (Å²) in [5.74, 6) is 0.519. The van der Waals surface area contributed by atoms with Crippen molar-refractivity contribution in [1.82, 2.24) is 0 Å². The fourth-order valence-corrected chi connectivity index (χ4v) is 1.71. The summed E-state index contributed by atoms with van der Waals surface area (Å²) < 4.78 is 0. The highest BCUT2D eigenvalue weighted by Crippen LogP contribution is 2.21. The first-order valence-electron chi connectivity index (χ1n) is 5.27. The van der Waals surface area contributed by atoms with Gasteiger partial charge >= 0.3 is 0 Å². The van der Waals surface area contributed by atoms with Crippen LogP contribution in [-0.2, 0) is 0 Å². The van der Waals surface area contributed by atoms with Crippen LogP contribution in [0.15, 0.2) is 18.2 Å². The van der Waals surface area contributed by atoms with Gasteiger partial charge < -0.3 is 11.1 Å². The molecule has 1 rings (SSSR count). The van der Waals surface area contributed by atoms with Gasteiger partial charge in [-0.15, -0.1) is 0 Å². The monoisotopic (exact) mass is 226 g/mol. The topological polar surface area (TPSA) is 38.0 Å². The van der Waals surface area contributed by atoms with E-state index in [9.17, 15) is 0 Å². The molecule has 0 saturated heterocycles. The maximum atomic E-state index is 5.90. The van der Waals surface area contributed by atoms with Gasteiger partial charge in [0.1, 0.15) is 0 Å². The van der Waals surface area contributed by atoms with Crippen molar-refractivity contribution >= 4 is 17.3 Å². The number of benzene rings is 1. The molecule has 3 heteroatoms. The number of hydrogen-bond donors (Lipinski definition) is 2. The highest BCUT2D eigenvalue weighted by molar-refractivity contribution is 6.30. The largest absolute Gasteiger partial charge is 0.381 e. The molecule has 0 aliphatic carbocycles. The zero-order valence-electron chi connectivity index (χ0n) is 9.55. The summed E-state index contributed by atoms with van der Waals surface area (Å²) >= 11 is 5.90. The van der Waals surface area contributed by atoms with Crippen LogP contribution in [0.4, 0.5) is 5.69 Å². The summed E-state index contributed by atoms with van der Waals surface area (Å²) in [6, 6.07) is 6.16. The predicted molar refractivity (Wildman–Crippen MR) is 67.5 cm³/mol. The molecule has 2 nitrogen and oxygen atoms in total. The molecule has 0 aromatic heterocycles. The molecule has 0 spiro atoms. The molecule has 84 valence electrons. The highest BCUT2D eigenvalue weighted by Gasteiger charge is 2.11. The van der Waals surface area contributed by atoms with E-state index in [1.54, 1.807) is 0 Å². The maximum absolute atomic E-state index is 5.90. The first-order valence-corrected chi connectivity index (χ1v) is 5.65. The zero-order chi connectivity index (χ0) is 11.4. The van der Waals surface area contributed by atoms with Crippen LogP contribution in [0, 0.1) is 12.8 Å². The molecule has 3 N–H and O–H groups in total. The number of halogens is 1. The van der Waals surface area contributed by atoms with Gasteiger partial charge in [0.2, 0.25) is 0 Å². The average molecular weight is 227 g/mol. The molecule has 0 saturated carbocycles. The van der Waals surface area contributed by atoms with E-state index in [1.807, 2.05) is 25.1 Å². The van der Waals surface area contributed by atoms with Crippen molar-refractivity contribution in [2.24, 2.45) is 11.7 Å². The van der Waals surface area contributed by atoms with Crippen molar-refractivity contribution in [2.45, 2.75) is 26.8 Å². The third-order valence-electron chi connectivity index (χ3n) is 2.59. The van der Waals surface area contributed by atoms with Gasteiger partial charge in [0.15, 0.2) is 0 Å². The molecule has 0 amide bonds. The Morgan fingerprint density at radius 1 is 1.40 bits per heavy atom. The summed E-state index contributed by atoms with van der Waals surface area (Å²) in [7, 11) is 0. The molecule has 0 heterocycles. The predicted octanol–water partition coefficient (Wildman–Crippen LogP) is 3.04. The lowest BCUT2D eigenvalue weighted by Gasteiger charge is -2.23. The molecular weight excluding hydrogens is 208 g/mol. The van der Waals surface area contributed by atoms with Crippen molar-refractivity contribution in [3.63, 3.8) is 0 Å². The molecule has 1 unspecified atom stereocenters. The molecule has 1 atom stereocenters. The van der Waals surface area contributed by atoms with Crippen molar-refractivity contribution in [1.29, 1.82) is 0 Å². The third-order valence-corrected chi connectivity index (χ3v) is 2.82. The second-order valence-corrected chi connectivity index (χ2v) is 4.63. The van der Waals surface area contributed by atoms with Crippen molar-refractivity contribution in [3.8, 4) is 0 Å². The van der Waals surface area contributed by atoms with Crippen molar-refractivity contribution in [2.75, 3.05) is 11.9 Å². The fourth-order valence-electron chi connectivity index (χ4n) is 1.49. The summed E-state index contributed by atoms with van der Waals surface area (Å²) in [5, 5.41) is 4.21. The Labute approximate surface area is 96.8 Å². The lowest BCUT2D eigenvalue weighted by Crippen LogP contribution is -2.33. The van der Waals surface area contributed by atoms with Crippen LogP contribution in [0.2, 0.25) is 5.02 Å². The number of nitrogens with one attached hydrogen (secondary N) is 1. The van der Waals surface area contributed by atoms with Crippen LogP contribution < -0.4 is 11.1 Å². The first-order chi connectivity index (χ1) is 7.04. The van der Waals surface area contributed by atoms with Crippen molar-refractivity contribution in [3.05, 3.63) is 28.8 Å². The van der Waals surface area contributed by atoms with Gasteiger partial charge in [0.05, 0.1) is 0 Å². The Bertz CT molecular complexity index is 323. The first kappa shape index (κ1) is 12.3. The fraction of sp³-hybridized carbons (Fsp3) is 0.500. The normalized spacial score (nSPS) is 12.9. The van der Waals surface area contributed by atoms with Crippen LogP contribution in [0.25, 0.3) is 0 Å². The Balaban J connectivity index is 2.79. The van der Waals surface area contributed by atoms with E-state index >= 15 is 0 Å². The molecule has 15 heavy (non-hydrogen) atoms. The summed E-state index contributed by atoms with van der Waals surface area (Å²) in [6.45, 7) is 7.01. The Morgan fingerprint density at radius 3 is 2.53 bits per heavy atom. The van der Waals surface area contributed by atoms with Gasteiger partial charge in [-0.3, -0.25) is 0 Å². The Kier molecular flexibility index (Phi) is 4.43. The van der Waals surface area contributed by atoms with E-state index in [0.717, 1.165) is 16.3 Å². The van der Waals surface area contributed by atoms with Crippen LogP contribution >= 0.6 is 11.6 Å². The SMILES string of the molecule is Cc1cc(Cl)ccc1NC(CN)C(C)C. The molecule has 0 radical (unpaired) electrons. The van der Waals surface area contributed by atoms with Crippen LogP contribution in [0.3, 0.4) is 0 Å².